The van der Waals surface area contributed by atoms with Gasteiger partial charge in [-0.1, -0.05) is 0 Å². The van der Waals surface area contributed by atoms with Crippen LogP contribution >= 0.6 is 0 Å². The van der Waals surface area contributed by atoms with Gasteiger partial charge in [-0.2, -0.15) is 0 Å². The molecular formula is C36H39AsN5O4. The summed E-state index contributed by atoms with van der Waals surface area (Å²) in [5.41, 5.74) is 4.96. The number of imide groups is 1. The molecule has 237 valence electrons. The SMILES string of the molecule is Cc1ccc2c(c1)N(c1ccc([As]CCCN3C(=O)c4ccccc4C3=O)cn1)C(=O)N(C1CCOCC1)N=C2C1CCCCC1. The second-order valence-electron chi connectivity index (χ2n) is 12.6. The van der Waals surface area contributed by atoms with E-state index in [4.69, 9.17) is 14.8 Å². The predicted molar refractivity (Wildman–Crippen MR) is 178 cm³/mol. The number of hydrogen-bond donors (Lipinski definition) is 0. The Morgan fingerprint density at radius 3 is 2.30 bits per heavy atom. The molecule has 0 N–H and O–H groups in total. The number of anilines is 2. The quantitative estimate of drug-likeness (QED) is 0.169. The van der Waals surface area contributed by atoms with Gasteiger partial charge in [0.1, 0.15) is 0 Å². The molecule has 0 unspecified atom stereocenters. The second kappa shape index (κ2) is 13.5. The number of aromatic nitrogens is 1. The van der Waals surface area contributed by atoms with E-state index in [0.29, 0.717) is 42.6 Å². The van der Waals surface area contributed by atoms with Crippen LogP contribution in [-0.2, 0) is 4.74 Å². The Morgan fingerprint density at radius 1 is 0.870 bits per heavy atom. The number of pyridine rings is 1. The molecule has 1 radical (unpaired) electrons. The van der Waals surface area contributed by atoms with E-state index >= 15 is 0 Å². The van der Waals surface area contributed by atoms with E-state index in [-0.39, 0.29) is 39.6 Å². The number of carbonyl (C=O) groups is 3. The minimum absolute atomic E-state index is 0.0239. The van der Waals surface area contributed by atoms with E-state index in [1.54, 1.807) is 34.2 Å². The molecule has 3 aromatic rings. The minimum atomic E-state index is -0.221. The van der Waals surface area contributed by atoms with E-state index in [1.165, 1.54) is 24.2 Å². The van der Waals surface area contributed by atoms with Crippen LogP contribution in [0.3, 0.4) is 0 Å². The topological polar surface area (TPSA) is 95.4 Å². The predicted octanol–water partition coefficient (Wildman–Crippen LogP) is 5.86. The van der Waals surface area contributed by atoms with E-state index in [1.807, 2.05) is 12.3 Å². The molecule has 1 aromatic heterocycles. The molecule has 0 spiro atoms. The fourth-order valence-electron chi connectivity index (χ4n) is 7.01. The van der Waals surface area contributed by atoms with Gasteiger partial charge in [0.2, 0.25) is 0 Å². The van der Waals surface area contributed by atoms with Crippen LogP contribution in [-0.4, -0.2) is 80.0 Å². The van der Waals surface area contributed by atoms with Crippen molar-refractivity contribution < 1.29 is 19.1 Å². The molecule has 3 aliphatic heterocycles. The van der Waals surface area contributed by atoms with E-state index in [0.717, 1.165) is 64.2 Å². The summed E-state index contributed by atoms with van der Waals surface area (Å²) in [5.74, 6) is 0.506. The number of benzene rings is 2. The number of hydrogen-bond acceptors (Lipinski definition) is 6. The number of ether oxygens (including phenoxy) is 1. The molecule has 10 heteroatoms. The van der Waals surface area contributed by atoms with Crippen molar-refractivity contribution in [2.24, 2.45) is 11.0 Å². The van der Waals surface area contributed by atoms with E-state index < -0.39 is 0 Å². The van der Waals surface area contributed by atoms with Crippen molar-refractivity contribution >= 4 is 55.2 Å². The molecule has 9 nitrogen and oxygen atoms in total. The molecule has 4 heterocycles. The van der Waals surface area contributed by atoms with Crippen LogP contribution < -0.4 is 9.25 Å². The Balaban J connectivity index is 1.11. The van der Waals surface area contributed by atoms with Gasteiger partial charge < -0.3 is 0 Å². The standard InChI is InChI=1S/C36H39AsN5O4/c1-24-12-14-30-31(22-24)41(36(45)42(27-16-20-46-21-17-27)39-33(30)25-8-3-2-4-9-25)32-15-13-26(23-38-32)37-18-7-19-40-34(43)28-10-5-6-11-29(28)35(40)44/h5-6,10-15,22-23,25,27H,2-4,7-9,16-21H2,1H3. The van der Waals surface area contributed by atoms with Gasteiger partial charge in [0.05, 0.1) is 0 Å². The van der Waals surface area contributed by atoms with Gasteiger partial charge in [0.25, 0.3) is 0 Å². The van der Waals surface area contributed by atoms with Crippen molar-refractivity contribution in [1.29, 1.82) is 0 Å². The number of rotatable bonds is 8. The van der Waals surface area contributed by atoms with Crippen molar-refractivity contribution in [2.45, 2.75) is 69.5 Å². The van der Waals surface area contributed by atoms with Gasteiger partial charge in [-0.3, -0.25) is 0 Å². The summed E-state index contributed by atoms with van der Waals surface area (Å²) in [7, 11) is 0. The van der Waals surface area contributed by atoms with Crippen LogP contribution in [0.15, 0.2) is 65.9 Å². The van der Waals surface area contributed by atoms with Crippen LogP contribution in [0.25, 0.3) is 0 Å². The number of carbonyl (C=O) groups excluding carboxylic acids is 3. The summed E-state index contributed by atoms with van der Waals surface area (Å²) in [5, 5.41) is 7.84. The van der Waals surface area contributed by atoms with Crippen molar-refractivity contribution in [1.82, 2.24) is 14.9 Å². The Kier molecular flexibility index (Phi) is 9.05. The van der Waals surface area contributed by atoms with Crippen LogP contribution in [0.5, 0.6) is 0 Å². The Hall–Kier alpha value is -3.81. The van der Waals surface area contributed by atoms with Crippen molar-refractivity contribution in [2.75, 3.05) is 24.7 Å². The summed E-state index contributed by atoms with van der Waals surface area (Å²) >= 11 is -0.221. The average molecular weight is 681 g/mol. The molecule has 1 saturated carbocycles. The first-order chi connectivity index (χ1) is 22.5. The number of fused-ring (bicyclic) bond motifs is 2. The summed E-state index contributed by atoms with van der Waals surface area (Å²) in [6, 6.07) is 17.2. The van der Waals surface area contributed by atoms with Gasteiger partial charge in [0, 0.05) is 0 Å². The zero-order valence-electron chi connectivity index (χ0n) is 26.2. The molecule has 1 saturated heterocycles. The molecule has 2 aromatic carbocycles. The van der Waals surface area contributed by atoms with Crippen molar-refractivity contribution in [3.05, 3.63) is 83.0 Å². The molecule has 4 amide bonds. The number of hydrazone groups is 1. The summed E-state index contributed by atoms with van der Waals surface area (Å²) in [4.78, 5) is 47.9. The third-order valence-electron chi connectivity index (χ3n) is 9.48. The Morgan fingerprint density at radius 2 is 1.61 bits per heavy atom. The first kappa shape index (κ1) is 30.8. The maximum absolute atomic E-state index is 14.5. The number of amides is 4. The molecule has 46 heavy (non-hydrogen) atoms. The van der Waals surface area contributed by atoms with Gasteiger partial charge >= 0.3 is 277 Å². The third-order valence-corrected chi connectivity index (χ3v) is 11.9. The molecule has 4 aliphatic rings. The van der Waals surface area contributed by atoms with Crippen molar-refractivity contribution in [3.8, 4) is 0 Å². The second-order valence-corrected chi connectivity index (χ2v) is 15.2. The van der Waals surface area contributed by atoms with E-state index in [9.17, 15) is 14.4 Å². The normalized spacial score (nSPS) is 19.5. The fraction of sp³-hybridized carbons (Fsp3) is 0.417. The molecule has 0 bridgehead atoms. The molecule has 7 rings (SSSR count). The van der Waals surface area contributed by atoms with Crippen LogP contribution in [0, 0.1) is 12.8 Å². The number of urea groups is 1. The van der Waals surface area contributed by atoms with Crippen molar-refractivity contribution in [3.63, 3.8) is 0 Å². The zero-order chi connectivity index (χ0) is 31.6. The summed E-state index contributed by atoms with van der Waals surface area (Å²) in [6.07, 6.45) is 9.93. The van der Waals surface area contributed by atoms with Crippen LogP contribution in [0.1, 0.15) is 83.2 Å². The zero-order valence-corrected chi connectivity index (χ0v) is 28.1. The number of aryl methyl sites for hydroxylation is 1. The van der Waals surface area contributed by atoms with Gasteiger partial charge in [-0.15, -0.1) is 0 Å². The molecule has 2 fully saturated rings. The Bertz CT molecular complexity index is 1630. The maximum atomic E-state index is 14.5. The third kappa shape index (κ3) is 6.03. The molecule has 0 atom stereocenters. The van der Waals surface area contributed by atoms with Gasteiger partial charge in [-0.05, 0) is 0 Å². The van der Waals surface area contributed by atoms with E-state index in [2.05, 4.69) is 31.2 Å². The first-order valence-corrected chi connectivity index (χ1v) is 18.8. The van der Waals surface area contributed by atoms with Gasteiger partial charge in [0.15, 0.2) is 0 Å². The fourth-order valence-corrected chi connectivity index (χ4v) is 8.85. The Labute approximate surface area is 276 Å². The molecule has 1 aliphatic carbocycles. The summed E-state index contributed by atoms with van der Waals surface area (Å²) < 4.78 is 6.78. The molecular weight excluding hydrogens is 641 g/mol. The van der Waals surface area contributed by atoms with Crippen LogP contribution in [0.2, 0.25) is 5.21 Å². The summed E-state index contributed by atoms with van der Waals surface area (Å²) in [6.45, 7) is 3.72. The van der Waals surface area contributed by atoms with Crippen LogP contribution in [0.4, 0.5) is 16.3 Å². The average Bonchev–Trinajstić information content (AvgIpc) is 3.25. The van der Waals surface area contributed by atoms with Gasteiger partial charge in [-0.25, -0.2) is 0 Å². The monoisotopic (exact) mass is 680 g/mol. The first-order valence-electron chi connectivity index (χ1n) is 16.5. The number of nitrogens with zero attached hydrogens (tertiary/aromatic N) is 5.